The molecular weight excluding hydrogens is 313 g/mol. The van der Waals surface area contributed by atoms with Crippen molar-refractivity contribution < 1.29 is 14.3 Å². The summed E-state index contributed by atoms with van der Waals surface area (Å²) in [5.41, 5.74) is 0.118. The summed E-state index contributed by atoms with van der Waals surface area (Å²) in [7, 11) is 0. The zero-order chi connectivity index (χ0) is 13.8. The Labute approximate surface area is 120 Å². The molecule has 3 nitrogen and oxygen atoms in total. The van der Waals surface area contributed by atoms with Crippen molar-refractivity contribution in [1.29, 1.82) is 0 Å². The molecule has 0 aliphatic heterocycles. The Bertz CT molecular complexity index is 467. The lowest BCUT2D eigenvalue weighted by Gasteiger charge is -2.25. The average Bonchev–Trinajstić information content (AvgIpc) is 2.36. The second kappa shape index (κ2) is 6.37. The number of hydrogen-bond acceptors (Lipinski definition) is 2. The van der Waals surface area contributed by atoms with Crippen molar-refractivity contribution in [3.63, 3.8) is 0 Å². The Kier molecular flexibility index (Phi) is 4.80. The highest BCUT2D eigenvalue weighted by Gasteiger charge is 2.21. The van der Waals surface area contributed by atoms with Gasteiger partial charge in [-0.2, -0.15) is 0 Å². The average molecular weight is 330 g/mol. The van der Waals surface area contributed by atoms with Crippen LogP contribution in [0.15, 0.2) is 18.2 Å². The van der Waals surface area contributed by atoms with E-state index in [4.69, 9.17) is 0 Å². The Morgan fingerprint density at radius 2 is 2.26 bits per heavy atom. The molecule has 1 fully saturated rings. The van der Waals surface area contributed by atoms with E-state index in [9.17, 15) is 14.3 Å². The minimum absolute atomic E-state index is 0.118. The number of aromatic hydroxyl groups is 1. The number of benzene rings is 1. The fraction of sp³-hybridized carbons (Fsp3) is 0.500. The normalized spacial score (nSPS) is 23.1. The number of halogens is 2. The third-order valence-electron chi connectivity index (χ3n) is 3.47. The quantitative estimate of drug-likeness (QED) is 0.836. The number of phenols is 1. The Balaban J connectivity index is 1.90. The highest BCUT2D eigenvalue weighted by molar-refractivity contribution is 9.09. The summed E-state index contributed by atoms with van der Waals surface area (Å²) >= 11 is 3.61. The van der Waals surface area contributed by atoms with Crippen LogP contribution >= 0.6 is 15.9 Å². The van der Waals surface area contributed by atoms with Crippen molar-refractivity contribution in [2.45, 2.75) is 30.5 Å². The van der Waals surface area contributed by atoms with Crippen molar-refractivity contribution >= 4 is 21.8 Å². The molecule has 0 heterocycles. The summed E-state index contributed by atoms with van der Waals surface area (Å²) in [6, 6.07) is 3.42. The molecule has 0 aromatic heterocycles. The fourth-order valence-corrected chi connectivity index (χ4v) is 3.29. The van der Waals surface area contributed by atoms with Gasteiger partial charge in [0.05, 0.1) is 5.56 Å². The van der Waals surface area contributed by atoms with Gasteiger partial charge in [-0.05, 0) is 37.3 Å². The van der Waals surface area contributed by atoms with Crippen LogP contribution < -0.4 is 5.32 Å². The van der Waals surface area contributed by atoms with Crippen molar-refractivity contribution in [3.05, 3.63) is 29.6 Å². The predicted molar refractivity (Wildman–Crippen MR) is 75.1 cm³/mol. The molecule has 1 aliphatic rings. The largest absolute Gasteiger partial charge is 0.507 e. The molecule has 2 atom stereocenters. The number of hydrogen-bond donors (Lipinski definition) is 2. The van der Waals surface area contributed by atoms with Crippen LogP contribution in [0.25, 0.3) is 0 Å². The van der Waals surface area contributed by atoms with E-state index in [1.807, 2.05) is 0 Å². The van der Waals surface area contributed by atoms with Crippen molar-refractivity contribution in [2.24, 2.45) is 5.92 Å². The summed E-state index contributed by atoms with van der Waals surface area (Å²) in [4.78, 5) is 12.4. The lowest BCUT2D eigenvalue weighted by Crippen LogP contribution is -2.32. The third kappa shape index (κ3) is 3.93. The minimum atomic E-state index is -0.552. The molecule has 5 heteroatoms. The zero-order valence-electron chi connectivity index (χ0n) is 10.5. The number of rotatable bonds is 3. The first-order valence-electron chi connectivity index (χ1n) is 6.47. The summed E-state index contributed by atoms with van der Waals surface area (Å²) < 4.78 is 12.8. The topological polar surface area (TPSA) is 49.3 Å². The molecule has 2 unspecified atom stereocenters. The summed E-state index contributed by atoms with van der Waals surface area (Å²) in [5, 5.41) is 12.3. The summed E-state index contributed by atoms with van der Waals surface area (Å²) in [6.07, 6.45) is 4.51. The monoisotopic (exact) mass is 329 g/mol. The van der Waals surface area contributed by atoms with E-state index < -0.39 is 5.82 Å². The molecular formula is C14H17BrFNO2. The van der Waals surface area contributed by atoms with E-state index in [1.54, 1.807) is 0 Å². The molecule has 1 amide bonds. The van der Waals surface area contributed by atoms with E-state index in [-0.39, 0.29) is 17.2 Å². The third-order valence-corrected chi connectivity index (χ3v) is 4.31. The molecule has 0 radical (unpaired) electrons. The van der Waals surface area contributed by atoms with Crippen LogP contribution in [0.4, 0.5) is 4.39 Å². The highest BCUT2D eigenvalue weighted by Crippen LogP contribution is 2.28. The summed E-state index contributed by atoms with van der Waals surface area (Å²) in [6.45, 7) is 0.595. The van der Waals surface area contributed by atoms with Gasteiger partial charge in [0.15, 0.2) is 0 Å². The Morgan fingerprint density at radius 3 is 2.95 bits per heavy atom. The second-order valence-corrected chi connectivity index (χ2v) is 6.30. The predicted octanol–water partition coefficient (Wildman–Crippen LogP) is 3.21. The van der Waals surface area contributed by atoms with Gasteiger partial charge in [0.1, 0.15) is 11.6 Å². The standard InChI is InChI=1S/C14H17BrFNO2/c15-10-3-1-2-9(6-10)8-17-14(19)12-5-4-11(16)7-13(12)18/h4-5,7,9-10,18H,1-3,6,8H2,(H,17,19). The maximum Gasteiger partial charge on any atom is 0.255 e. The highest BCUT2D eigenvalue weighted by atomic mass is 79.9. The second-order valence-electron chi connectivity index (χ2n) is 5.00. The molecule has 1 saturated carbocycles. The molecule has 1 aromatic carbocycles. The maximum atomic E-state index is 12.8. The Hall–Kier alpha value is -1.10. The lowest BCUT2D eigenvalue weighted by molar-refractivity contribution is 0.0941. The van der Waals surface area contributed by atoms with E-state index in [0.29, 0.717) is 17.3 Å². The van der Waals surface area contributed by atoms with Gasteiger partial charge >= 0.3 is 0 Å². The van der Waals surface area contributed by atoms with E-state index in [0.717, 1.165) is 25.3 Å². The van der Waals surface area contributed by atoms with E-state index >= 15 is 0 Å². The van der Waals surface area contributed by atoms with E-state index in [2.05, 4.69) is 21.2 Å². The molecule has 19 heavy (non-hydrogen) atoms. The van der Waals surface area contributed by atoms with Crippen LogP contribution in [-0.2, 0) is 0 Å². The fourth-order valence-electron chi connectivity index (χ4n) is 2.44. The molecule has 104 valence electrons. The first kappa shape index (κ1) is 14.3. The lowest BCUT2D eigenvalue weighted by atomic mass is 9.89. The minimum Gasteiger partial charge on any atom is -0.507 e. The number of carbonyl (C=O) groups excluding carboxylic acids is 1. The number of carbonyl (C=O) groups is 1. The van der Waals surface area contributed by atoms with Gasteiger partial charge in [-0.25, -0.2) is 4.39 Å². The number of phenolic OH excluding ortho intramolecular Hbond substituents is 1. The van der Waals surface area contributed by atoms with Crippen LogP contribution in [0.5, 0.6) is 5.75 Å². The molecule has 2 N–H and O–H groups in total. The van der Waals surface area contributed by atoms with Crippen molar-refractivity contribution in [1.82, 2.24) is 5.32 Å². The SMILES string of the molecule is O=C(NCC1CCCC(Br)C1)c1ccc(F)cc1O. The van der Waals surface area contributed by atoms with Gasteiger partial charge in [-0.1, -0.05) is 22.4 Å². The van der Waals surface area contributed by atoms with Gasteiger partial charge in [-0.3, -0.25) is 4.79 Å². The first-order valence-corrected chi connectivity index (χ1v) is 7.38. The van der Waals surface area contributed by atoms with Crippen LogP contribution in [0, 0.1) is 11.7 Å². The molecule has 2 rings (SSSR count). The van der Waals surface area contributed by atoms with Gasteiger partial charge in [0.25, 0.3) is 5.91 Å². The van der Waals surface area contributed by atoms with Crippen LogP contribution in [-0.4, -0.2) is 22.4 Å². The zero-order valence-corrected chi connectivity index (χ0v) is 12.1. The van der Waals surface area contributed by atoms with Crippen molar-refractivity contribution in [2.75, 3.05) is 6.54 Å². The van der Waals surface area contributed by atoms with Crippen LogP contribution in [0.2, 0.25) is 0 Å². The van der Waals surface area contributed by atoms with E-state index in [1.165, 1.54) is 18.6 Å². The Morgan fingerprint density at radius 1 is 1.47 bits per heavy atom. The maximum absolute atomic E-state index is 12.8. The molecule has 0 bridgehead atoms. The van der Waals surface area contributed by atoms with Crippen LogP contribution in [0.1, 0.15) is 36.0 Å². The summed E-state index contributed by atoms with van der Waals surface area (Å²) in [5.74, 6) is -0.762. The number of alkyl halides is 1. The van der Waals surface area contributed by atoms with Gasteiger partial charge in [-0.15, -0.1) is 0 Å². The van der Waals surface area contributed by atoms with Gasteiger partial charge < -0.3 is 10.4 Å². The molecule has 1 aromatic rings. The molecule has 0 saturated heterocycles. The van der Waals surface area contributed by atoms with Gasteiger partial charge in [0, 0.05) is 17.4 Å². The van der Waals surface area contributed by atoms with Gasteiger partial charge in [0.2, 0.25) is 0 Å². The molecule has 0 spiro atoms. The molecule has 1 aliphatic carbocycles. The van der Waals surface area contributed by atoms with Crippen LogP contribution in [0.3, 0.4) is 0 Å². The number of nitrogens with one attached hydrogen (secondary N) is 1. The number of amides is 1. The van der Waals surface area contributed by atoms with Crippen molar-refractivity contribution in [3.8, 4) is 5.75 Å². The first-order chi connectivity index (χ1) is 9.06. The smallest absolute Gasteiger partial charge is 0.255 e.